The van der Waals surface area contributed by atoms with Gasteiger partial charge >= 0.3 is 6.30 Å². The standard InChI is InChI=1S/C6H6F5N3O/c7-4(8)3(12)2(5(13)15)1-14-6(9,10)11/h1,4H,12H2,(H2,13,15)/b3-2+,14-1+. The van der Waals surface area contributed by atoms with Crippen LogP contribution in [0.3, 0.4) is 0 Å². The largest absolute Gasteiger partial charge is 0.503 e. The lowest BCUT2D eigenvalue weighted by atomic mass is 10.2. The van der Waals surface area contributed by atoms with Gasteiger partial charge in [-0.3, -0.25) is 4.79 Å². The molecule has 1 amide bonds. The molecule has 0 aliphatic rings. The zero-order chi connectivity index (χ0) is 12.2. The first-order chi connectivity index (χ1) is 6.65. The number of nitrogens with two attached hydrogens (primary N) is 2. The fourth-order valence-electron chi connectivity index (χ4n) is 0.536. The molecule has 0 aliphatic heterocycles. The maximum absolute atomic E-state index is 11.9. The van der Waals surface area contributed by atoms with Crippen LogP contribution < -0.4 is 11.5 Å². The van der Waals surface area contributed by atoms with Crippen molar-refractivity contribution in [1.29, 1.82) is 0 Å². The topological polar surface area (TPSA) is 81.5 Å². The van der Waals surface area contributed by atoms with Crippen molar-refractivity contribution in [2.75, 3.05) is 0 Å². The molecule has 0 rings (SSSR count). The first-order valence-electron chi connectivity index (χ1n) is 3.34. The molecule has 0 saturated carbocycles. The van der Waals surface area contributed by atoms with Gasteiger partial charge in [-0.15, -0.1) is 13.2 Å². The van der Waals surface area contributed by atoms with Crippen LogP contribution in [-0.4, -0.2) is 24.8 Å². The Labute approximate surface area is 80.4 Å². The first kappa shape index (κ1) is 13.3. The predicted octanol–water partition coefficient (Wildman–Crippen LogP) is 0.540. The van der Waals surface area contributed by atoms with Crippen LogP contribution >= 0.6 is 0 Å². The quantitative estimate of drug-likeness (QED) is 0.321. The highest BCUT2D eigenvalue weighted by molar-refractivity contribution is 6.12. The molecule has 0 atom stereocenters. The minimum Gasteiger partial charge on any atom is -0.397 e. The Morgan fingerprint density at radius 2 is 1.73 bits per heavy atom. The van der Waals surface area contributed by atoms with Gasteiger partial charge in [0.2, 0.25) is 0 Å². The summed E-state index contributed by atoms with van der Waals surface area (Å²) in [5.74, 6) is -1.51. The van der Waals surface area contributed by atoms with Crippen LogP contribution in [0.1, 0.15) is 0 Å². The van der Waals surface area contributed by atoms with E-state index in [0.29, 0.717) is 0 Å². The van der Waals surface area contributed by atoms with Crippen molar-refractivity contribution in [3.05, 3.63) is 11.3 Å². The summed E-state index contributed by atoms with van der Waals surface area (Å²) in [6.07, 6.45) is -8.40. The molecular formula is C6H6F5N3O. The second kappa shape index (κ2) is 4.71. The van der Waals surface area contributed by atoms with E-state index in [1.807, 2.05) is 4.99 Å². The van der Waals surface area contributed by atoms with Gasteiger partial charge < -0.3 is 11.5 Å². The molecule has 0 aromatic rings. The van der Waals surface area contributed by atoms with Crippen LogP contribution in [0, 0.1) is 0 Å². The van der Waals surface area contributed by atoms with Gasteiger partial charge in [0.05, 0.1) is 11.3 Å². The Bertz CT molecular complexity index is 306. The number of allylic oxidation sites excluding steroid dienone is 1. The van der Waals surface area contributed by atoms with E-state index in [2.05, 4.69) is 11.5 Å². The fourth-order valence-corrected chi connectivity index (χ4v) is 0.536. The third-order valence-electron chi connectivity index (χ3n) is 1.15. The highest BCUT2D eigenvalue weighted by atomic mass is 19.4. The molecule has 0 aliphatic carbocycles. The summed E-state index contributed by atoms with van der Waals surface area (Å²) < 4.78 is 58.5. The van der Waals surface area contributed by atoms with Gasteiger partial charge in [0.1, 0.15) is 0 Å². The Morgan fingerprint density at radius 1 is 1.27 bits per heavy atom. The highest BCUT2D eigenvalue weighted by Crippen LogP contribution is 2.16. The summed E-state index contributed by atoms with van der Waals surface area (Å²) in [7, 11) is 0. The summed E-state index contributed by atoms with van der Waals surface area (Å²) in [5.41, 5.74) is 6.68. The molecule has 0 spiro atoms. The van der Waals surface area contributed by atoms with Crippen molar-refractivity contribution in [3.8, 4) is 0 Å². The van der Waals surface area contributed by atoms with Crippen molar-refractivity contribution >= 4 is 12.1 Å². The zero-order valence-corrected chi connectivity index (χ0v) is 7.05. The van der Waals surface area contributed by atoms with E-state index in [1.54, 1.807) is 0 Å². The lowest BCUT2D eigenvalue weighted by molar-refractivity contribution is -0.119. The van der Waals surface area contributed by atoms with E-state index in [9.17, 15) is 26.7 Å². The lowest BCUT2D eigenvalue weighted by Gasteiger charge is -2.03. The molecule has 0 unspecified atom stereocenters. The van der Waals surface area contributed by atoms with E-state index in [4.69, 9.17) is 0 Å². The maximum atomic E-state index is 11.9. The van der Waals surface area contributed by atoms with Crippen molar-refractivity contribution in [1.82, 2.24) is 0 Å². The summed E-state index contributed by atoms with van der Waals surface area (Å²) in [6.45, 7) is 0. The average Bonchev–Trinajstić information content (AvgIpc) is 2.01. The molecule has 4 N–H and O–H groups in total. The Kier molecular flexibility index (Phi) is 4.19. The molecule has 0 radical (unpaired) electrons. The smallest absolute Gasteiger partial charge is 0.397 e. The molecule has 86 valence electrons. The van der Waals surface area contributed by atoms with Crippen LogP contribution in [0.5, 0.6) is 0 Å². The lowest BCUT2D eigenvalue weighted by Crippen LogP contribution is -2.23. The molecule has 9 heteroatoms. The zero-order valence-electron chi connectivity index (χ0n) is 7.05. The number of halogens is 5. The second-order valence-corrected chi connectivity index (χ2v) is 2.26. The normalized spacial score (nSPS) is 14.5. The second-order valence-electron chi connectivity index (χ2n) is 2.26. The Hall–Kier alpha value is -1.67. The first-order valence-corrected chi connectivity index (χ1v) is 3.34. The van der Waals surface area contributed by atoms with Crippen molar-refractivity contribution < 1.29 is 26.7 Å². The van der Waals surface area contributed by atoms with Crippen molar-refractivity contribution in [2.24, 2.45) is 16.5 Å². The number of amides is 1. The van der Waals surface area contributed by atoms with Crippen LogP contribution in [0.15, 0.2) is 16.3 Å². The number of carbonyl (C=O) groups is 1. The summed E-state index contributed by atoms with van der Waals surface area (Å²) >= 11 is 0. The van der Waals surface area contributed by atoms with E-state index < -0.39 is 29.9 Å². The number of hydrogen-bond acceptors (Lipinski definition) is 3. The maximum Gasteiger partial charge on any atom is 0.503 e. The van der Waals surface area contributed by atoms with Crippen molar-refractivity contribution in [3.63, 3.8) is 0 Å². The number of carbonyl (C=O) groups excluding carboxylic acids is 1. The number of aliphatic imine (C=N–C) groups is 1. The molecular weight excluding hydrogens is 225 g/mol. The van der Waals surface area contributed by atoms with Gasteiger partial charge in [-0.1, -0.05) is 0 Å². The number of hydrogen-bond donors (Lipinski definition) is 2. The minimum absolute atomic E-state index is 0.135. The molecule has 0 bridgehead atoms. The molecule has 0 fully saturated rings. The van der Waals surface area contributed by atoms with Crippen LogP contribution in [0.2, 0.25) is 0 Å². The number of alkyl halides is 5. The summed E-state index contributed by atoms with van der Waals surface area (Å²) in [6, 6.07) is 0. The molecule has 0 heterocycles. The average molecular weight is 231 g/mol. The van der Waals surface area contributed by atoms with Gasteiger partial charge in [0, 0.05) is 6.21 Å². The van der Waals surface area contributed by atoms with Crippen LogP contribution in [0.25, 0.3) is 0 Å². The molecule has 4 nitrogen and oxygen atoms in total. The molecule has 0 aromatic carbocycles. The third-order valence-corrected chi connectivity index (χ3v) is 1.15. The molecule has 0 saturated heterocycles. The molecule has 0 aromatic heterocycles. The van der Waals surface area contributed by atoms with Gasteiger partial charge in [-0.2, -0.15) is 4.99 Å². The summed E-state index contributed by atoms with van der Waals surface area (Å²) in [5, 5.41) is 0. The monoisotopic (exact) mass is 231 g/mol. The van der Waals surface area contributed by atoms with Crippen LogP contribution in [-0.2, 0) is 4.79 Å². The SMILES string of the molecule is NC(=O)C(/C=N/C(F)(F)F)=C(/N)C(F)F. The molecule has 15 heavy (non-hydrogen) atoms. The van der Waals surface area contributed by atoms with E-state index in [0.717, 1.165) is 0 Å². The van der Waals surface area contributed by atoms with Gasteiger partial charge in [-0.05, 0) is 0 Å². The predicted molar refractivity (Wildman–Crippen MR) is 41.0 cm³/mol. The van der Waals surface area contributed by atoms with E-state index >= 15 is 0 Å². The number of rotatable bonds is 3. The van der Waals surface area contributed by atoms with Crippen molar-refractivity contribution in [2.45, 2.75) is 12.7 Å². The van der Waals surface area contributed by atoms with Gasteiger partial charge in [0.15, 0.2) is 0 Å². The highest BCUT2D eigenvalue weighted by Gasteiger charge is 2.26. The Morgan fingerprint density at radius 3 is 2.00 bits per heavy atom. The van der Waals surface area contributed by atoms with Gasteiger partial charge in [0.25, 0.3) is 12.3 Å². The number of primary amides is 1. The van der Waals surface area contributed by atoms with E-state index in [1.165, 1.54) is 0 Å². The van der Waals surface area contributed by atoms with Gasteiger partial charge in [-0.25, -0.2) is 8.78 Å². The fraction of sp³-hybridized carbons (Fsp3) is 0.333. The van der Waals surface area contributed by atoms with E-state index in [-0.39, 0.29) is 6.21 Å². The van der Waals surface area contributed by atoms with Crippen LogP contribution in [0.4, 0.5) is 22.0 Å². The Balaban J connectivity index is 5.11. The third kappa shape index (κ3) is 4.93. The minimum atomic E-state index is -4.98. The number of nitrogens with zero attached hydrogens (tertiary/aromatic N) is 1. The summed E-state index contributed by atoms with van der Waals surface area (Å²) in [4.78, 5) is 12.3.